The minimum absolute atomic E-state index is 0.161. The maximum Gasteiger partial charge on any atom is 0.264 e. The number of carbonyl (C=O) groups is 1. The van der Waals surface area contributed by atoms with Crippen LogP contribution in [0.4, 0.5) is 5.69 Å². The lowest BCUT2D eigenvalue weighted by Gasteiger charge is -2.10. The molecule has 0 unspecified atom stereocenters. The number of benzene rings is 3. The van der Waals surface area contributed by atoms with E-state index < -0.39 is 0 Å². The Morgan fingerprint density at radius 3 is 2.68 bits per heavy atom. The number of terminal acetylenes is 1. The number of ether oxygens (including phenoxy) is 1. The molecule has 0 saturated carbocycles. The molecule has 4 nitrogen and oxygen atoms in total. The minimum Gasteiger partial charge on any atom is -0.480 e. The molecule has 1 aliphatic heterocycles. The molecule has 1 saturated heterocycles. The summed E-state index contributed by atoms with van der Waals surface area (Å²) in [5, 5.41) is 5.42. The summed E-state index contributed by atoms with van der Waals surface area (Å²) in [5.41, 5.74) is 1.61. The lowest BCUT2D eigenvalue weighted by Crippen LogP contribution is -2.19. The quantitative estimate of drug-likeness (QED) is 0.522. The van der Waals surface area contributed by atoms with Crippen molar-refractivity contribution in [1.82, 2.24) is 5.32 Å². The van der Waals surface area contributed by atoms with E-state index in [2.05, 4.69) is 16.2 Å². The van der Waals surface area contributed by atoms with E-state index in [0.29, 0.717) is 15.8 Å². The first-order valence-electron chi connectivity index (χ1n) is 8.67. The van der Waals surface area contributed by atoms with E-state index in [1.54, 1.807) is 0 Å². The first kappa shape index (κ1) is 17.9. The number of carbonyl (C=O) groups excluding carboxylic acids is 1. The normalized spacial score (nSPS) is 16.3. The molecule has 3 aromatic rings. The van der Waals surface area contributed by atoms with Crippen LogP contribution in [0, 0.1) is 12.3 Å². The van der Waals surface area contributed by atoms with Crippen LogP contribution in [-0.2, 0) is 4.79 Å². The Bertz CT molecular complexity index is 1140. The molecule has 3 aromatic carbocycles. The third-order valence-corrected chi connectivity index (χ3v) is 5.06. The van der Waals surface area contributed by atoms with Crippen molar-refractivity contribution in [3.05, 3.63) is 77.2 Å². The van der Waals surface area contributed by atoms with Gasteiger partial charge in [-0.25, -0.2) is 4.99 Å². The van der Waals surface area contributed by atoms with Crippen molar-refractivity contribution in [2.45, 2.75) is 0 Å². The van der Waals surface area contributed by atoms with Crippen LogP contribution in [0.1, 0.15) is 5.56 Å². The molecule has 4 rings (SSSR count). The summed E-state index contributed by atoms with van der Waals surface area (Å²) in [6.07, 6.45) is 7.18. The molecule has 136 valence electrons. The first-order chi connectivity index (χ1) is 13.7. The molecular formula is C23H16N2O2S. The summed E-state index contributed by atoms with van der Waals surface area (Å²) >= 11 is 1.30. The number of para-hydroxylation sites is 1. The Hall–Kier alpha value is -3.49. The number of hydrogen-bond donors (Lipinski definition) is 1. The Balaban J connectivity index is 1.74. The Morgan fingerprint density at radius 2 is 1.86 bits per heavy atom. The predicted molar refractivity (Wildman–Crippen MR) is 116 cm³/mol. The van der Waals surface area contributed by atoms with Crippen LogP contribution in [-0.4, -0.2) is 17.7 Å². The number of aliphatic imine (C=N–C) groups is 1. The van der Waals surface area contributed by atoms with Gasteiger partial charge in [0.05, 0.1) is 10.6 Å². The van der Waals surface area contributed by atoms with Gasteiger partial charge in [-0.2, -0.15) is 0 Å². The molecule has 0 aromatic heterocycles. The molecule has 1 aliphatic rings. The van der Waals surface area contributed by atoms with E-state index in [0.717, 1.165) is 22.0 Å². The second-order valence-corrected chi connectivity index (χ2v) is 7.04. The summed E-state index contributed by atoms with van der Waals surface area (Å²) in [6.45, 7) is 0.161. The third-order valence-electron chi connectivity index (χ3n) is 4.15. The Morgan fingerprint density at radius 1 is 1.07 bits per heavy atom. The molecule has 5 heteroatoms. The number of nitrogens with zero attached hydrogens (tertiary/aromatic N) is 1. The maximum absolute atomic E-state index is 12.5. The van der Waals surface area contributed by atoms with E-state index in [9.17, 15) is 4.79 Å². The number of amides is 1. The fourth-order valence-corrected chi connectivity index (χ4v) is 3.72. The molecular weight excluding hydrogens is 368 g/mol. The van der Waals surface area contributed by atoms with Crippen LogP contribution in [0.2, 0.25) is 0 Å². The van der Waals surface area contributed by atoms with E-state index >= 15 is 0 Å². The highest BCUT2D eigenvalue weighted by atomic mass is 32.2. The average Bonchev–Trinajstić information content (AvgIpc) is 3.07. The number of nitrogens with one attached hydrogen (secondary N) is 1. The average molecular weight is 384 g/mol. The van der Waals surface area contributed by atoms with E-state index in [1.807, 2.05) is 72.8 Å². The van der Waals surface area contributed by atoms with E-state index in [4.69, 9.17) is 11.2 Å². The van der Waals surface area contributed by atoms with Gasteiger partial charge in [0.15, 0.2) is 5.17 Å². The number of fused-ring (bicyclic) bond motifs is 1. The van der Waals surface area contributed by atoms with Crippen molar-refractivity contribution < 1.29 is 9.53 Å². The van der Waals surface area contributed by atoms with Crippen LogP contribution in [0.5, 0.6) is 5.75 Å². The maximum atomic E-state index is 12.5. The topological polar surface area (TPSA) is 50.7 Å². The van der Waals surface area contributed by atoms with Crippen molar-refractivity contribution in [3.8, 4) is 18.1 Å². The fourth-order valence-electron chi connectivity index (χ4n) is 2.90. The van der Waals surface area contributed by atoms with Gasteiger partial charge in [-0.3, -0.25) is 4.79 Å². The summed E-state index contributed by atoms with van der Waals surface area (Å²) in [4.78, 5) is 17.5. The van der Waals surface area contributed by atoms with Crippen molar-refractivity contribution in [2.75, 3.05) is 6.61 Å². The van der Waals surface area contributed by atoms with Crippen LogP contribution in [0.3, 0.4) is 0 Å². The monoisotopic (exact) mass is 384 g/mol. The smallest absolute Gasteiger partial charge is 0.264 e. The summed E-state index contributed by atoms with van der Waals surface area (Å²) < 4.78 is 5.71. The first-order valence-corrected chi connectivity index (χ1v) is 9.49. The van der Waals surface area contributed by atoms with Crippen molar-refractivity contribution in [1.29, 1.82) is 0 Å². The van der Waals surface area contributed by atoms with Gasteiger partial charge in [-0.1, -0.05) is 54.5 Å². The molecule has 0 bridgehead atoms. The number of rotatable bonds is 4. The zero-order valence-electron chi connectivity index (χ0n) is 14.9. The van der Waals surface area contributed by atoms with Crippen LogP contribution in [0.25, 0.3) is 16.8 Å². The van der Waals surface area contributed by atoms with Gasteiger partial charge in [-0.15, -0.1) is 6.42 Å². The Kier molecular flexibility index (Phi) is 5.14. The minimum atomic E-state index is -0.185. The molecule has 0 radical (unpaired) electrons. The summed E-state index contributed by atoms with van der Waals surface area (Å²) in [5.74, 6) is 2.94. The van der Waals surface area contributed by atoms with Gasteiger partial charge in [-0.05, 0) is 46.8 Å². The molecule has 1 N–H and O–H groups in total. The lowest BCUT2D eigenvalue weighted by atomic mass is 10.0. The van der Waals surface area contributed by atoms with Crippen LogP contribution >= 0.6 is 11.8 Å². The summed E-state index contributed by atoms with van der Waals surface area (Å²) in [6, 6.07) is 21.3. The predicted octanol–water partition coefficient (Wildman–Crippen LogP) is 4.74. The lowest BCUT2D eigenvalue weighted by molar-refractivity contribution is -0.115. The zero-order valence-corrected chi connectivity index (χ0v) is 15.7. The van der Waals surface area contributed by atoms with Crippen molar-refractivity contribution >= 4 is 45.4 Å². The molecule has 28 heavy (non-hydrogen) atoms. The van der Waals surface area contributed by atoms with Crippen molar-refractivity contribution in [2.24, 2.45) is 4.99 Å². The number of thioether (sulfide) groups is 1. The fraction of sp³-hybridized carbons (Fsp3) is 0.0435. The molecule has 1 heterocycles. The van der Waals surface area contributed by atoms with E-state index in [-0.39, 0.29) is 12.5 Å². The SMILES string of the molecule is C#CCOc1ccc2ccccc2c1/C=C1\SC(=Nc2ccccc2)NC1=O. The largest absolute Gasteiger partial charge is 0.480 e. The van der Waals surface area contributed by atoms with Gasteiger partial charge < -0.3 is 10.1 Å². The molecule has 0 spiro atoms. The standard InChI is InChI=1S/C23H16N2O2S/c1-2-14-27-20-13-12-16-8-6-7-11-18(16)19(20)15-21-22(26)25-23(28-21)24-17-9-4-3-5-10-17/h1,3-13,15H,14H2,(H,24,25,26)/b21-15-. The summed E-state index contributed by atoms with van der Waals surface area (Å²) in [7, 11) is 0. The molecule has 0 aliphatic carbocycles. The van der Waals surface area contributed by atoms with Gasteiger partial charge in [0.1, 0.15) is 12.4 Å². The highest BCUT2D eigenvalue weighted by Crippen LogP contribution is 2.34. The molecule has 1 fully saturated rings. The highest BCUT2D eigenvalue weighted by Gasteiger charge is 2.24. The zero-order chi connectivity index (χ0) is 19.3. The van der Waals surface area contributed by atoms with Gasteiger partial charge in [0.2, 0.25) is 0 Å². The number of amidine groups is 1. The Labute approximate surface area is 167 Å². The van der Waals surface area contributed by atoms with Crippen LogP contribution in [0.15, 0.2) is 76.6 Å². The second-order valence-electron chi connectivity index (χ2n) is 6.01. The van der Waals surface area contributed by atoms with Gasteiger partial charge >= 0.3 is 0 Å². The molecule has 0 atom stereocenters. The molecule has 1 amide bonds. The third kappa shape index (κ3) is 3.78. The van der Waals surface area contributed by atoms with E-state index in [1.165, 1.54) is 11.8 Å². The van der Waals surface area contributed by atoms with Gasteiger partial charge in [0.25, 0.3) is 5.91 Å². The van der Waals surface area contributed by atoms with Crippen LogP contribution < -0.4 is 10.1 Å². The second kappa shape index (κ2) is 8.03. The number of hydrogen-bond acceptors (Lipinski definition) is 4. The van der Waals surface area contributed by atoms with Gasteiger partial charge in [0, 0.05) is 5.56 Å². The van der Waals surface area contributed by atoms with Crippen molar-refractivity contribution in [3.63, 3.8) is 0 Å². The highest BCUT2D eigenvalue weighted by molar-refractivity contribution is 8.18.